The van der Waals surface area contributed by atoms with Crippen molar-refractivity contribution in [2.24, 2.45) is 0 Å². The van der Waals surface area contributed by atoms with Gasteiger partial charge in [0.2, 0.25) is 15.9 Å². The van der Waals surface area contributed by atoms with Crippen molar-refractivity contribution < 1.29 is 26.4 Å². The van der Waals surface area contributed by atoms with Crippen molar-refractivity contribution >= 4 is 33.2 Å². The molecule has 1 amide bonds. The van der Waals surface area contributed by atoms with Crippen molar-refractivity contribution in [2.75, 3.05) is 10.6 Å². The van der Waals surface area contributed by atoms with Gasteiger partial charge in [0.25, 0.3) is 0 Å². The Morgan fingerprint density at radius 2 is 1.82 bits per heavy atom. The van der Waals surface area contributed by atoms with Crippen LogP contribution >= 0.6 is 11.6 Å². The van der Waals surface area contributed by atoms with Gasteiger partial charge in [-0.15, -0.1) is 0 Å². The number of halogens is 4. The molecule has 152 valence electrons. The van der Waals surface area contributed by atoms with Crippen LogP contribution in [0.4, 0.5) is 18.9 Å². The minimum Gasteiger partial charge on any atom is -0.350 e. The normalized spacial score (nSPS) is 13.1. The Kier molecular flexibility index (Phi) is 6.61. The third kappa shape index (κ3) is 5.62. The fourth-order valence-corrected chi connectivity index (χ4v) is 3.97. The molecule has 0 spiro atoms. The standard InChI is InChI=1S/C18H18ClF3N2O3S/c1-12(24(28(2,26)27)16-8-4-7-15(19)10-16)17(25)23-11-13-5-3-6-14(9-13)18(20,21)22/h3-10,12H,11H2,1-2H3,(H,23,25)/t12-/m0/s1. The van der Waals surface area contributed by atoms with Crippen LogP contribution in [-0.2, 0) is 27.5 Å². The molecule has 10 heteroatoms. The minimum absolute atomic E-state index is 0.180. The van der Waals surface area contributed by atoms with Gasteiger partial charge in [0.05, 0.1) is 17.5 Å². The monoisotopic (exact) mass is 434 g/mol. The first-order valence-electron chi connectivity index (χ1n) is 8.08. The SMILES string of the molecule is C[C@@H](C(=O)NCc1cccc(C(F)(F)F)c1)N(c1cccc(Cl)c1)S(C)(=O)=O. The summed E-state index contributed by atoms with van der Waals surface area (Å²) >= 11 is 5.90. The molecule has 2 aromatic rings. The minimum atomic E-state index is -4.49. The third-order valence-corrected chi connectivity index (χ3v) is 5.35. The van der Waals surface area contributed by atoms with Gasteiger partial charge in [-0.1, -0.05) is 29.8 Å². The number of rotatable bonds is 6. The summed E-state index contributed by atoms with van der Waals surface area (Å²) in [6, 6.07) is 9.39. The predicted molar refractivity (Wildman–Crippen MR) is 102 cm³/mol. The second-order valence-corrected chi connectivity index (χ2v) is 8.43. The lowest BCUT2D eigenvalue weighted by Gasteiger charge is -2.28. The largest absolute Gasteiger partial charge is 0.416 e. The molecule has 0 aromatic heterocycles. The highest BCUT2D eigenvalue weighted by Gasteiger charge is 2.31. The van der Waals surface area contributed by atoms with Gasteiger partial charge in [-0.05, 0) is 42.8 Å². The van der Waals surface area contributed by atoms with E-state index in [9.17, 15) is 26.4 Å². The molecule has 0 fully saturated rings. The summed E-state index contributed by atoms with van der Waals surface area (Å²) in [5, 5.41) is 2.76. The van der Waals surface area contributed by atoms with Crippen LogP contribution in [0, 0.1) is 0 Å². The zero-order valence-corrected chi connectivity index (χ0v) is 16.6. The highest BCUT2D eigenvalue weighted by molar-refractivity contribution is 7.92. The van der Waals surface area contributed by atoms with Gasteiger partial charge in [0.15, 0.2) is 0 Å². The number of anilines is 1. The predicted octanol–water partition coefficient (Wildman–Crippen LogP) is 3.83. The number of carbonyl (C=O) groups excluding carboxylic acids is 1. The molecule has 1 atom stereocenters. The average Bonchev–Trinajstić information content (AvgIpc) is 2.58. The summed E-state index contributed by atoms with van der Waals surface area (Å²) in [5.74, 6) is -0.664. The number of carbonyl (C=O) groups is 1. The number of sulfonamides is 1. The second kappa shape index (κ2) is 8.40. The van der Waals surface area contributed by atoms with Gasteiger partial charge in [-0.25, -0.2) is 8.42 Å². The first-order chi connectivity index (χ1) is 12.9. The summed E-state index contributed by atoms with van der Waals surface area (Å²) in [4.78, 5) is 12.5. The van der Waals surface area contributed by atoms with Gasteiger partial charge < -0.3 is 5.32 Å². The molecule has 0 unspecified atom stereocenters. The van der Waals surface area contributed by atoms with E-state index < -0.39 is 33.7 Å². The van der Waals surface area contributed by atoms with E-state index in [1.165, 1.54) is 31.2 Å². The van der Waals surface area contributed by atoms with E-state index >= 15 is 0 Å². The van der Waals surface area contributed by atoms with Crippen LogP contribution in [0.25, 0.3) is 0 Å². The Morgan fingerprint density at radius 1 is 1.18 bits per heavy atom. The molecule has 1 N–H and O–H groups in total. The third-order valence-electron chi connectivity index (χ3n) is 3.87. The molecule has 0 saturated carbocycles. The van der Waals surface area contributed by atoms with Crippen molar-refractivity contribution in [3.8, 4) is 0 Å². The molecule has 0 saturated heterocycles. The average molecular weight is 435 g/mol. The van der Waals surface area contributed by atoms with Gasteiger partial charge in [0.1, 0.15) is 6.04 Å². The summed E-state index contributed by atoms with van der Waals surface area (Å²) < 4.78 is 63.6. The van der Waals surface area contributed by atoms with E-state index in [1.807, 2.05) is 0 Å². The molecular formula is C18H18ClF3N2O3S. The van der Waals surface area contributed by atoms with Crippen LogP contribution < -0.4 is 9.62 Å². The van der Waals surface area contributed by atoms with Crippen molar-refractivity contribution in [3.05, 3.63) is 64.7 Å². The number of nitrogens with zero attached hydrogens (tertiary/aromatic N) is 1. The summed E-state index contributed by atoms with van der Waals surface area (Å²) in [5.41, 5.74) is -0.384. The Balaban J connectivity index is 2.18. The number of hydrogen-bond donors (Lipinski definition) is 1. The molecule has 0 aliphatic heterocycles. The van der Waals surface area contributed by atoms with Crippen LogP contribution in [0.2, 0.25) is 5.02 Å². The quantitative estimate of drug-likeness (QED) is 0.751. The van der Waals surface area contributed by atoms with E-state index in [4.69, 9.17) is 11.6 Å². The van der Waals surface area contributed by atoms with Crippen LogP contribution in [0.5, 0.6) is 0 Å². The zero-order chi connectivity index (χ0) is 21.1. The molecule has 0 aliphatic carbocycles. The Bertz CT molecular complexity index is 965. The van der Waals surface area contributed by atoms with Crippen molar-refractivity contribution in [2.45, 2.75) is 25.7 Å². The summed E-state index contributed by atoms with van der Waals surface area (Å²) in [6.07, 6.45) is -3.54. The number of amides is 1. The van der Waals surface area contributed by atoms with E-state index in [0.717, 1.165) is 22.7 Å². The Hall–Kier alpha value is -2.26. The van der Waals surface area contributed by atoms with Crippen LogP contribution in [0.1, 0.15) is 18.1 Å². The first-order valence-corrected chi connectivity index (χ1v) is 10.3. The highest BCUT2D eigenvalue weighted by atomic mass is 35.5. The lowest BCUT2D eigenvalue weighted by atomic mass is 10.1. The maximum Gasteiger partial charge on any atom is 0.416 e. The highest BCUT2D eigenvalue weighted by Crippen LogP contribution is 2.29. The molecule has 0 heterocycles. The first kappa shape index (κ1) is 22.0. The van der Waals surface area contributed by atoms with Gasteiger partial charge >= 0.3 is 6.18 Å². The summed E-state index contributed by atoms with van der Waals surface area (Å²) in [7, 11) is -3.82. The maximum absolute atomic E-state index is 12.8. The van der Waals surface area contributed by atoms with Gasteiger partial charge in [0, 0.05) is 11.6 Å². The fraction of sp³-hybridized carbons (Fsp3) is 0.278. The van der Waals surface area contributed by atoms with Crippen molar-refractivity contribution in [1.82, 2.24) is 5.32 Å². The van der Waals surface area contributed by atoms with Crippen LogP contribution in [-0.4, -0.2) is 26.6 Å². The number of nitrogens with one attached hydrogen (secondary N) is 1. The number of benzene rings is 2. The second-order valence-electron chi connectivity index (χ2n) is 6.13. The molecule has 28 heavy (non-hydrogen) atoms. The lowest BCUT2D eigenvalue weighted by molar-refractivity contribution is -0.137. The molecule has 2 aromatic carbocycles. The summed E-state index contributed by atoms with van der Waals surface area (Å²) in [6.45, 7) is 1.20. The van der Waals surface area contributed by atoms with E-state index in [2.05, 4.69) is 5.32 Å². The van der Waals surface area contributed by atoms with Crippen LogP contribution in [0.15, 0.2) is 48.5 Å². The number of alkyl halides is 3. The Labute approximate surface area is 166 Å². The van der Waals surface area contributed by atoms with E-state index in [0.29, 0.717) is 5.02 Å². The smallest absolute Gasteiger partial charge is 0.350 e. The van der Waals surface area contributed by atoms with Crippen LogP contribution in [0.3, 0.4) is 0 Å². The van der Waals surface area contributed by atoms with E-state index in [-0.39, 0.29) is 17.8 Å². The fourth-order valence-electron chi connectivity index (χ4n) is 2.62. The van der Waals surface area contributed by atoms with E-state index in [1.54, 1.807) is 12.1 Å². The molecule has 0 aliphatic rings. The van der Waals surface area contributed by atoms with Gasteiger partial charge in [-0.2, -0.15) is 13.2 Å². The van der Waals surface area contributed by atoms with Crippen molar-refractivity contribution in [3.63, 3.8) is 0 Å². The maximum atomic E-state index is 12.8. The lowest BCUT2D eigenvalue weighted by Crippen LogP contribution is -2.47. The van der Waals surface area contributed by atoms with Gasteiger partial charge in [-0.3, -0.25) is 9.10 Å². The molecule has 0 radical (unpaired) electrons. The zero-order valence-electron chi connectivity index (χ0n) is 15.0. The molecule has 5 nitrogen and oxygen atoms in total. The molecule has 0 bridgehead atoms. The molecule has 2 rings (SSSR count). The Morgan fingerprint density at radius 3 is 2.39 bits per heavy atom. The van der Waals surface area contributed by atoms with Crippen molar-refractivity contribution in [1.29, 1.82) is 0 Å². The number of hydrogen-bond acceptors (Lipinski definition) is 3. The molecular weight excluding hydrogens is 417 g/mol. The topological polar surface area (TPSA) is 66.5 Å².